The van der Waals surface area contributed by atoms with Crippen molar-refractivity contribution < 1.29 is 19.2 Å². The van der Waals surface area contributed by atoms with Gasteiger partial charge >= 0.3 is 0 Å². The Labute approximate surface area is 278 Å². The number of hydrogen-bond acceptors (Lipinski definition) is 6. The van der Waals surface area contributed by atoms with Gasteiger partial charge in [-0.15, -0.1) is 0 Å². The molecule has 0 aliphatic carbocycles. The van der Waals surface area contributed by atoms with Crippen LogP contribution in [0, 0.1) is 11.3 Å². The van der Waals surface area contributed by atoms with Crippen LogP contribution in [-0.4, -0.2) is 65.1 Å². The van der Waals surface area contributed by atoms with E-state index in [0.29, 0.717) is 44.0 Å². The van der Waals surface area contributed by atoms with E-state index in [-0.39, 0.29) is 49.1 Å². The molecule has 3 N–H and O–H groups in total. The van der Waals surface area contributed by atoms with E-state index in [2.05, 4.69) is 34.8 Å². The maximum atomic E-state index is 14.6. The number of nitrogens with one attached hydrogen (secondary N) is 3. The minimum absolute atomic E-state index is 0.00899. The standard InChI is InChI=1S/C37H48N6O4/c1-6-28-14-15-32(21-31(28)22-34(45)41-33-13-9-10-18-39-33)40-35(46)25-43(24-30-12-8-7-11-29(30)23-38-5)36(47)37(26(2)3)16-19-42(20-17-37)27(4)44/h7-15,18,21,26,38H,6,16-17,19-20,22-25H2,1-5H3,(H,40,46)(H,39,41,45). The number of pyridine rings is 1. The number of hydrogen-bond donors (Lipinski definition) is 3. The molecule has 10 heteroatoms. The fourth-order valence-electron chi connectivity index (χ4n) is 6.44. The van der Waals surface area contributed by atoms with E-state index in [1.54, 1.807) is 35.1 Å². The first-order valence-corrected chi connectivity index (χ1v) is 16.4. The molecule has 0 radical (unpaired) electrons. The van der Waals surface area contributed by atoms with Crippen LogP contribution in [0.1, 0.15) is 62.8 Å². The van der Waals surface area contributed by atoms with Crippen LogP contribution in [0.3, 0.4) is 0 Å². The largest absolute Gasteiger partial charge is 0.343 e. The van der Waals surface area contributed by atoms with Crippen LogP contribution >= 0.6 is 0 Å². The molecule has 1 aromatic heterocycles. The van der Waals surface area contributed by atoms with Gasteiger partial charge in [-0.2, -0.15) is 0 Å². The summed E-state index contributed by atoms with van der Waals surface area (Å²) < 4.78 is 0. The van der Waals surface area contributed by atoms with Gasteiger partial charge in [0.05, 0.1) is 11.8 Å². The Kier molecular flexibility index (Phi) is 12.2. The lowest BCUT2D eigenvalue weighted by Gasteiger charge is -2.45. The Balaban J connectivity index is 1.56. The highest BCUT2D eigenvalue weighted by Crippen LogP contribution is 2.41. The molecule has 0 spiro atoms. The molecule has 0 saturated carbocycles. The number of aromatic nitrogens is 1. The van der Waals surface area contributed by atoms with Crippen LogP contribution in [0.4, 0.5) is 11.5 Å². The molecule has 3 aromatic rings. The molecule has 0 bridgehead atoms. The molecule has 0 unspecified atom stereocenters. The number of benzene rings is 2. The van der Waals surface area contributed by atoms with Crippen molar-refractivity contribution in [2.75, 3.05) is 37.3 Å². The van der Waals surface area contributed by atoms with Crippen LogP contribution in [0.2, 0.25) is 0 Å². The number of amides is 4. The Morgan fingerprint density at radius 2 is 1.60 bits per heavy atom. The maximum Gasteiger partial charge on any atom is 0.244 e. The normalized spacial score (nSPS) is 14.0. The first kappa shape index (κ1) is 35.3. The molecule has 47 heavy (non-hydrogen) atoms. The van der Waals surface area contributed by atoms with Crippen molar-refractivity contribution in [2.45, 2.75) is 66.5 Å². The van der Waals surface area contributed by atoms with Gasteiger partial charge < -0.3 is 25.8 Å². The Morgan fingerprint density at radius 3 is 2.21 bits per heavy atom. The highest BCUT2D eigenvalue weighted by Gasteiger charge is 2.46. The molecule has 10 nitrogen and oxygen atoms in total. The third kappa shape index (κ3) is 9.04. The molecule has 4 rings (SSSR count). The minimum atomic E-state index is -0.693. The molecule has 2 aromatic carbocycles. The lowest BCUT2D eigenvalue weighted by Crippen LogP contribution is -2.54. The Morgan fingerprint density at radius 1 is 0.894 bits per heavy atom. The van der Waals surface area contributed by atoms with E-state index in [1.807, 2.05) is 62.5 Å². The van der Waals surface area contributed by atoms with E-state index >= 15 is 0 Å². The highest BCUT2D eigenvalue weighted by atomic mass is 16.2. The van der Waals surface area contributed by atoms with Gasteiger partial charge in [-0.25, -0.2) is 4.98 Å². The summed E-state index contributed by atoms with van der Waals surface area (Å²) >= 11 is 0. The van der Waals surface area contributed by atoms with Crippen molar-refractivity contribution in [3.8, 4) is 0 Å². The fraction of sp³-hybridized carbons (Fsp3) is 0.432. The number of carbonyl (C=O) groups is 4. The summed E-state index contributed by atoms with van der Waals surface area (Å²) in [6.07, 6.45) is 3.57. The summed E-state index contributed by atoms with van der Waals surface area (Å²) in [5.74, 6) is -0.0878. The molecule has 0 atom stereocenters. The summed E-state index contributed by atoms with van der Waals surface area (Å²) in [4.78, 5) is 60.8. The van der Waals surface area contributed by atoms with Gasteiger partial charge in [0, 0.05) is 45.0 Å². The van der Waals surface area contributed by atoms with E-state index in [4.69, 9.17) is 0 Å². The van der Waals surface area contributed by atoms with Crippen molar-refractivity contribution in [2.24, 2.45) is 11.3 Å². The van der Waals surface area contributed by atoms with Crippen molar-refractivity contribution in [1.29, 1.82) is 0 Å². The zero-order chi connectivity index (χ0) is 34.0. The zero-order valence-electron chi connectivity index (χ0n) is 28.3. The van der Waals surface area contributed by atoms with Gasteiger partial charge in [-0.1, -0.05) is 57.2 Å². The van der Waals surface area contributed by atoms with Gasteiger partial charge in [0.2, 0.25) is 23.6 Å². The number of rotatable bonds is 13. The van der Waals surface area contributed by atoms with Gasteiger partial charge in [0.15, 0.2) is 0 Å². The van der Waals surface area contributed by atoms with E-state index < -0.39 is 5.41 Å². The van der Waals surface area contributed by atoms with E-state index in [1.165, 1.54) is 0 Å². The van der Waals surface area contributed by atoms with Gasteiger partial charge in [0.25, 0.3) is 0 Å². The third-order valence-corrected chi connectivity index (χ3v) is 9.25. The van der Waals surface area contributed by atoms with E-state index in [9.17, 15) is 19.2 Å². The van der Waals surface area contributed by atoms with Crippen molar-refractivity contribution in [3.63, 3.8) is 0 Å². The van der Waals surface area contributed by atoms with Crippen molar-refractivity contribution >= 4 is 35.1 Å². The number of carbonyl (C=O) groups excluding carboxylic acids is 4. The lowest BCUT2D eigenvalue weighted by atomic mass is 9.68. The summed E-state index contributed by atoms with van der Waals surface area (Å²) in [7, 11) is 1.88. The molecule has 4 amide bonds. The molecule has 1 aliphatic heterocycles. The summed E-state index contributed by atoms with van der Waals surface area (Å²) in [6, 6.07) is 18.8. The van der Waals surface area contributed by atoms with Crippen LogP contribution < -0.4 is 16.0 Å². The first-order valence-electron chi connectivity index (χ1n) is 16.4. The molecule has 2 heterocycles. The fourth-order valence-corrected chi connectivity index (χ4v) is 6.44. The molecular weight excluding hydrogens is 592 g/mol. The quantitative estimate of drug-likeness (QED) is 0.247. The first-order chi connectivity index (χ1) is 22.6. The average Bonchev–Trinajstić information content (AvgIpc) is 3.05. The predicted molar refractivity (Wildman–Crippen MR) is 184 cm³/mol. The zero-order valence-corrected chi connectivity index (χ0v) is 28.3. The molecule has 250 valence electrons. The smallest absolute Gasteiger partial charge is 0.244 e. The second kappa shape index (κ2) is 16.3. The SMILES string of the molecule is CCc1ccc(NC(=O)CN(Cc2ccccc2CNC)C(=O)C2(C(C)C)CCN(C(C)=O)CC2)cc1CC(=O)Nc1ccccn1. The third-order valence-electron chi connectivity index (χ3n) is 9.25. The Bertz CT molecular complexity index is 1550. The summed E-state index contributed by atoms with van der Waals surface area (Å²) in [5, 5.41) is 9.01. The van der Waals surface area contributed by atoms with Crippen LogP contribution in [0.25, 0.3) is 0 Å². The van der Waals surface area contributed by atoms with Gasteiger partial charge in [-0.05, 0) is 78.7 Å². The highest BCUT2D eigenvalue weighted by molar-refractivity contribution is 5.96. The van der Waals surface area contributed by atoms with Gasteiger partial charge in [0.1, 0.15) is 12.4 Å². The topological polar surface area (TPSA) is 124 Å². The van der Waals surface area contributed by atoms with Crippen molar-refractivity contribution in [3.05, 3.63) is 89.1 Å². The number of likely N-dealkylation sites (tertiary alicyclic amines) is 1. The molecular formula is C37H48N6O4. The molecule has 1 fully saturated rings. The van der Waals surface area contributed by atoms with E-state index in [0.717, 1.165) is 28.7 Å². The summed E-state index contributed by atoms with van der Waals surface area (Å²) in [6.45, 7) is 9.48. The predicted octanol–water partition coefficient (Wildman–Crippen LogP) is 4.80. The second-order valence-electron chi connectivity index (χ2n) is 12.6. The minimum Gasteiger partial charge on any atom is -0.343 e. The number of nitrogens with zero attached hydrogens (tertiary/aromatic N) is 3. The second-order valence-corrected chi connectivity index (χ2v) is 12.6. The summed E-state index contributed by atoms with van der Waals surface area (Å²) in [5.41, 5.74) is 3.71. The van der Waals surface area contributed by atoms with Crippen molar-refractivity contribution in [1.82, 2.24) is 20.1 Å². The van der Waals surface area contributed by atoms with Crippen LogP contribution in [-0.2, 0) is 45.1 Å². The molecule has 1 aliphatic rings. The number of aryl methyl sites for hydroxylation is 1. The lowest BCUT2D eigenvalue weighted by molar-refractivity contribution is -0.153. The molecule has 1 saturated heterocycles. The van der Waals surface area contributed by atoms with Crippen LogP contribution in [0.5, 0.6) is 0 Å². The Hall–Kier alpha value is -4.57. The maximum absolute atomic E-state index is 14.6. The number of anilines is 2. The van der Waals surface area contributed by atoms with Crippen LogP contribution in [0.15, 0.2) is 66.9 Å². The van der Waals surface area contributed by atoms with Gasteiger partial charge in [-0.3, -0.25) is 19.2 Å². The number of piperidine rings is 1. The monoisotopic (exact) mass is 640 g/mol. The average molecular weight is 641 g/mol.